The van der Waals surface area contributed by atoms with Gasteiger partial charge in [0, 0.05) is 24.6 Å². The Morgan fingerprint density at radius 1 is 1.35 bits per heavy atom. The van der Waals surface area contributed by atoms with E-state index in [0.717, 1.165) is 36.0 Å². The number of nitrogens with one attached hydrogen (secondary N) is 2. The summed E-state index contributed by atoms with van der Waals surface area (Å²) in [6, 6.07) is 5.21. The Morgan fingerprint density at radius 3 is 2.74 bits per heavy atom. The molecule has 0 saturated carbocycles. The van der Waals surface area contributed by atoms with E-state index in [0.29, 0.717) is 18.8 Å². The molecule has 7 nitrogen and oxygen atoms in total. The number of hydrogen-bond donors (Lipinski definition) is 4. The fourth-order valence-corrected chi connectivity index (χ4v) is 5.40. The minimum absolute atomic E-state index is 0.0716. The molecule has 1 aromatic carbocycles. The standard InChI is InChI=1S/C27H43N5O2/c1-7-23(28)31-24(18(4)29-15-17(2)3)27(5)25(33)22(16-32(27)6)30-26(34)21-14-10-12-19-11-8-9-13-20(19)21/h10,12,14-15,18,22,24-25,29,33H,7-9,11,13,16H2,1-6H3,(H2,28,31)(H,30,34). The van der Waals surface area contributed by atoms with Crippen LogP contribution < -0.4 is 16.4 Å². The number of nitrogens with zero attached hydrogens (tertiary/aromatic N) is 2. The summed E-state index contributed by atoms with van der Waals surface area (Å²) in [5.74, 6) is 0.449. The zero-order valence-corrected chi connectivity index (χ0v) is 21.7. The first kappa shape index (κ1) is 26.2. The van der Waals surface area contributed by atoms with Crippen LogP contribution in [-0.4, -0.2) is 65.1 Å². The average molecular weight is 470 g/mol. The van der Waals surface area contributed by atoms with Gasteiger partial charge in [-0.05, 0) is 83.8 Å². The number of rotatable bonds is 8. The topological polar surface area (TPSA) is 103 Å². The van der Waals surface area contributed by atoms with E-state index in [4.69, 9.17) is 10.7 Å². The molecular formula is C27H43N5O2. The number of amidine groups is 1. The number of benzene rings is 1. The Bertz CT molecular complexity index is 939. The molecule has 5 unspecified atom stereocenters. The molecule has 1 aliphatic carbocycles. The van der Waals surface area contributed by atoms with E-state index in [1.54, 1.807) is 0 Å². The van der Waals surface area contributed by atoms with Crippen molar-refractivity contribution in [1.29, 1.82) is 0 Å². The Hall–Kier alpha value is -2.38. The van der Waals surface area contributed by atoms with Gasteiger partial charge in [-0.25, -0.2) is 0 Å². The SMILES string of the molecule is CCC(N)=NC(C(C)NC=C(C)C)C1(C)C(O)C(NC(=O)c2cccc3c2CCCC3)CN1C. The summed E-state index contributed by atoms with van der Waals surface area (Å²) in [5, 5.41) is 18.2. The number of fused-ring (bicyclic) bond motifs is 1. The maximum absolute atomic E-state index is 13.3. The van der Waals surface area contributed by atoms with Gasteiger partial charge in [0.1, 0.15) is 0 Å². The molecule has 1 heterocycles. The largest absolute Gasteiger partial charge is 0.389 e. The highest BCUT2D eigenvalue weighted by atomic mass is 16.3. The van der Waals surface area contributed by atoms with Crippen molar-refractivity contribution in [3.63, 3.8) is 0 Å². The summed E-state index contributed by atoms with van der Waals surface area (Å²) >= 11 is 0. The number of aliphatic hydroxyl groups excluding tert-OH is 1. The van der Waals surface area contributed by atoms with Crippen LogP contribution in [0, 0.1) is 0 Å². The molecule has 7 heteroatoms. The van der Waals surface area contributed by atoms with Crippen LogP contribution in [0.4, 0.5) is 0 Å². The zero-order valence-electron chi connectivity index (χ0n) is 21.7. The molecular weight excluding hydrogens is 426 g/mol. The van der Waals surface area contributed by atoms with Crippen molar-refractivity contribution in [1.82, 2.24) is 15.5 Å². The number of nitrogens with two attached hydrogens (primary N) is 1. The molecule has 1 aromatic rings. The van der Waals surface area contributed by atoms with Gasteiger partial charge in [-0.15, -0.1) is 0 Å². The third kappa shape index (κ3) is 5.31. The zero-order chi connectivity index (χ0) is 25.0. The van der Waals surface area contributed by atoms with Crippen molar-refractivity contribution in [2.75, 3.05) is 13.6 Å². The van der Waals surface area contributed by atoms with Gasteiger partial charge in [-0.1, -0.05) is 24.6 Å². The molecule has 0 radical (unpaired) electrons. The van der Waals surface area contributed by atoms with Crippen molar-refractivity contribution < 1.29 is 9.90 Å². The van der Waals surface area contributed by atoms with Gasteiger partial charge in [0.2, 0.25) is 0 Å². The van der Waals surface area contributed by atoms with Crippen LogP contribution in [0.3, 0.4) is 0 Å². The van der Waals surface area contributed by atoms with Crippen molar-refractivity contribution in [3.05, 3.63) is 46.7 Å². The highest BCUT2D eigenvalue weighted by Gasteiger charge is 2.55. The highest BCUT2D eigenvalue weighted by Crippen LogP contribution is 2.35. The minimum Gasteiger partial charge on any atom is -0.389 e. The molecule has 1 saturated heterocycles. The predicted octanol–water partition coefficient (Wildman–Crippen LogP) is 2.77. The van der Waals surface area contributed by atoms with Crippen molar-refractivity contribution in [3.8, 4) is 0 Å². The molecule has 0 spiro atoms. The van der Waals surface area contributed by atoms with E-state index in [-0.39, 0.29) is 18.0 Å². The molecule has 1 aliphatic heterocycles. The third-order valence-corrected chi connectivity index (χ3v) is 7.60. The first-order valence-electron chi connectivity index (χ1n) is 12.6. The lowest BCUT2D eigenvalue weighted by atomic mass is 9.82. The molecule has 0 bridgehead atoms. The Labute approximate surface area is 204 Å². The molecule has 1 fully saturated rings. The number of hydrogen-bond acceptors (Lipinski definition) is 5. The fourth-order valence-electron chi connectivity index (χ4n) is 5.40. The number of amides is 1. The predicted molar refractivity (Wildman–Crippen MR) is 139 cm³/mol. The lowest BCUT2D eigenvalue weighted by Crippen LogP contribution is -2.62. The molecule has 1 amide bonds. The number of likely N-dealkylation sites (N-methyl/N-ethyl adjacent to an activating group) is 1. The number of aliphatic imine (C=N–C) groups is 1. The van der Waals surface area contributed by atoms with Crippen molar-refractivity contribution >= 4 is 11.7 Å². The summed E-state index contributed by atoms with van der Waals surface area (Å²) < 4.78 is 0. The van der Waals surface area contributed by atoms with Crippen molar-refractivity contribution in [2.24, 2.45) is 10.7 Å². The number of carbonyl (C=O) groups excluding carboxylic acids is 1. The second kappa shape index (κ2) is 10.9. The fraction of sp³-hybridized carbons (Fsp3) is 0.630. The molecule has 0 aromatic heterocycles. The summed E-state index contributed by atoms with van der Waals surface area (Å²) in [6.07, 6.45) is 6.04. The molecule has 34 heavy (non-hydrogen) atoms. The summed E-state index contributed by atoms with van der Waals surface area (Å²) in [4.78, 5) is 20.3. The van der Waals surface area contributed by atoms with Gasteiger partial charge in [-0.2, -0.15) is 0 Å². The second-order valence-electron chi connectivity index (χ2n) is 10.4. The summed E-state index contributed by atoms with van der Waals surface area (Å²) in [6.45, 7) is 10.7. The first-order valence-corrected chi connectivity index (χ1v) is 12.6. The quantitative estimate of drug-likeness (QED) is 0.346. The number of aliphatic hydroxyl groups is 1. The van der Waals surface area contributed by atoms with Gasteiger partial charge in [-0.3, -0.25) is 14.7 Å². The lowest BCUT2D eigenvalue weighted by Gasteiger charge is -2.43. The van der Waals surface area contributed by atoms with E-state index >= 15 is 0 Å². The highest BCUT2D eigenvalue weighted by molar-refractivity contribution is 5.96. The minimum atomic E-state index is -0.810. The number of aryl methyl sites for hydroxylation is 1. The number of carbonyl (C=O) groups is 1. The third-order valence-electron chi connectivity index (χ3n) is 7.60. The van der Waals surface area contributed by atoms with Crippen LogP contribution in [-0.2, 0) is 12.8 Å². The van der Waals surface area contributed by atoms with Crippen LogP contribution in [0.25, 0.3) is 0 Å². The monoisotopic (exact) mass is 469 g/mol. The summed E-state index contributed by atoms with van der Waals surface area (Å²) in [5.41, 5.74) is 9.79. The summed E-state index contributed by atoms with van der Waals surface area (Å²) in [7, 11) is 1.98. The van der Waals surface area contributed by atoms with E-state index in [1.165, 1.54) is 12.0 Å². The van der Waals surface area contributed by atoms with E-state index in [1.807, 2.05) is 53.1 Å². The Balaban J connectivity index is 1.86. The van der Waals surface area contributed by atoms with Gasteiger partial charge in [0.05, 0.1) is 29.6 Å². The van der Waals surface area contributed by atoms with Crippen LogP contribution >= 0.6 is 0 Å². The Kier molecular flexibility index (Phi) is 8.42. The molecule has 5 atom stereocenters. The van der Waals surface area contributed by atoms with Gasteiger partial charge in [0.25, 0.3) is 5.91 Å². The average Bonchev–Trinajstić information content (AvgIpc) is 3.04. The molecule has 5 N–H and O–H groups in total. The second-order valence-corrected chi connectivity index (χ2v) is 10.4. The van der Waals surface area contributed by atoms with Crippen LogP contribution in [0.1, 0.15) is 75.4 Å². The first-order chi connectivity index (χ1) is 16.1. The van der Waals surface area contributed by atoms with Crippen molar-refractivity contribution in [2.45, 2.75) is 96.5 Å². The maximum Gasteiger partial charge on any atom is 0.251 e. The Morgan fingerprint density at radius 2 is 2.06 bits per heavy atom. The smallest absolute Gasteiger partial charge is 0.251 e. The van der Waals surface area contributed by atoms with E-state index < -0.39 is 17.7 Å². The van der Waals surface area contributed by atoms with Gasteiger partial charge in [0.15, 0.2) is 0 Å². The van der Waals surface area contributed by atoms with Crippen LogP contribution in [0.2, 0.25) is 0 Å². The van der Waals surface area contributed by atoms with Crippen LogP contribution in [0.5, 0.6) is 0 Å². The number of allylic oxidation sites excluding steroid dienone is 1. The van der Waals surface area contributed by atoms with E-state index in [2.05, 4.69) is 28.5 Å². The molecule has 188 valence electrons. The van der Waals surface area contributed by atoms with Gasteiger partial charge < -0.3 is 21.5 Å². The lowest BCUT2D eigenvalue weighted by molar-refractivity contribution is 0.0202. The van der Waals surface area contributed by atoms with E-state index in [9.17, 15) is 9.90 Å². The molecule has 3 rings (SSSR count). The van der Waals surface area contributed by atoms with Crippen LogP contribution in [0.15, 0.2) is 35.0 Å². The molecule has 2 aliphatic rings. The number of likely N-dealkylation sites (tertiary alicyclic amines) is 1. The normalized spacial score (nSPS) is 27.0. The maximum atomic E-state index is 13.3. The van der Waals surface area contributed by atoms with Gasteiger partial charge >= 0.3 is 0 Å².